The summed E-state index contributed by atoms with van der Waals surface area (Å²) in [5.74, 6) is 2.75. The second kappa shape index (κ2) is 3.74. The molecule has 0 aliphatic heterocycles. The number of hydrogen-bond donors (Lipinski definition) is 0. The second-order valence-corrected chi connectivity index (χ2v) is 7.49. The van der Waals surface area contributed by atoms with Crippen LogP contribution in [0.3, 0.4) is 0 Å². The lowest BCUT2D eigenvalue weighted by Crippen LogP contribution is -2.47. The highest BCUT2D eigenvalue weighted by Gasteiger charge is 2.69. The lowest BCUT2D eigenvalue weighted by molar-refractivity contribution is -0.177. The van der Waals surface area contributed by atoms with Crippen LogP contribution >= 0.6 is 0 Å². The van der Waals surface area contributed by atoms with Crippen LogP contribution in [0.5, 0.6) is 0 Å². The predicted molar refractivity (Wildman–Crippen MR) is 71.0 cm³/mol. The van der Waals surface area contributed by atoms with Crippen LogP contribution in [0.1, 0.15) is 59.8 Å². The van der Waals surface area contributed by atoms with Gasteiger partial charge in [0.1, 0.15) is 5.60 Å². The van der Waals surface area contributed by atoms with Gasteiger partial charge in [-0.3, -0.25) is 4.79 Å². The Morgan fingerprint density at radius 3 is 2.28 bits per heavy atom. The minimum Gasteiger partial charge on any atom is -0.459 e. The average molecular weight is 250 g/mol. The Morgan fingerprint density at radius 2 is 1.89 bits per heavy atom. The average Bonchev–Trinajstić information content (AvgIpc) is 2.99. The summed E-state index contributed by atoms with van der Waals surface area (Å²) in [5, 5.41) is 0. The molecule has 4 bridgehead atoms. The fourth-order valence-electron chi connectivity index (χ4n) is 5.12. The van der Waals surface area contributed by atoms with Gasteiger partial charge in [-0.15, -0.1) is 0 Å². The first-order chi connectivity index (χ1) is 8.39. The number of hydrogen-bond acceptors (Lipinski definition) is 2. The minimum atomic E-state index is -0.266. The smallest absolute Gasteiger partial charge is 0.309 e. The van der Waals surface area contributed by atoms with Crippen LogP contribution in [0, 0.1) is 29.1 Å². The first kappa shape index (κ1) is 12.5. The molecule has 3 unspecified atom stereocenters. The molecular formula is C16H26O2. The third-order valence-electron chi connectivity index (χ3n) is 6.45. The number of esters is 1. The Balaban J connectivity index is 1.77. The summed E-state index contributed by atoms with van der Waals surface area (Å²) in [5.41, 5.74) is 0.0453. The van der Waals surface area contributed by atoms with Crippen molar-refractivity contribution in [2.75, 3.05) is 0 Å². The van der Waals surface area contributed by atoms with Crippen LogP contribution in [-0.2, 0) is 9.53 Å². The largest absolute Gasteiger partial charge is 0.459 e. The van der Waals surface area contributed by atoms with Crippen LogP contribution in [0.2, 0.25) is 0 Å². The van der Waals surface area contributed by atoms with Gasteiger partial charge in [-0.05, 0) is 63.7 Å². The maximum atomic E-state index is 12.1. The Hall–Kier alpha value is -0.530. The Morgan fingerprint density at radius 1 is 1.33 bits per heavy atom. The summed E-state index contributed by atoms with van der Waals surface area (Å²) >= 11 is 0. The molecule has 4 aliphatic carbocycles. The van der Waals surface area contributed by atoms with Crippen molar-refractivity contribution in [2.24, 2.45) is 29.1 Å². The predicted octanol–water partition coefficient (Wildman–Crippen LogP) is 3.79. The fraction of sp³-hybridized carbons (Fsp3) is 0.938. The van der Waals surface area contributed by atoms with Gasteiger partial charge in [0.15, 0.2) is 0 Å². The lowest BCUT2D eigenvalue weighted by atomic mass is 9.68. The zero-order chi connectivity index (χ0) is 13.1. The van der Waals surface area contributed by atoms with Gasteiger partial charge in [0.2, 0.25) is 0 Å². The third-order valence-corrected chi connectivity index (χ3v) is 6.45. The molecule has 0 spiro atoms. The van der Waals surface area contributed by atoms with Gasteiger partial charge in [-0.2, -0.15) is 0 Å². The maximum absolute atomic E-state index is 12.1. The third kappa shape index (κ3) is 1.44. The van der Waals surface area contributed by atoms with Crippen molar-refractivity contribution in [3.05, 3.63) is 0 Å². The van der Waals surface area contributed by atoms with Gasteiger partial charge < -0.3 is 4.74 Å². The fourth-order valence-corrected chi connectivity index (χ4v) is 5.12. The van der Waals surface area contributed by atoms with E-state index in [1.165, 1.54) is 25.7 Å². The second-order valence-electron chi connectivity index (χ2n) is 7.49. The Labute approximate surface area is 110 Å². The van der Waals surface area contributed by atoms with E-state index in [4.69, 9.17) is 4.74 Å². The molecule has 0 N–H and O–H groups in total. The molecule has 0 amide bonds. The zero-order valence-electron chi connectivity index (χ0n) is 12.2. The number of carbonyl (C=O) groups excluding carboxylic acids is 1. The van der Waals surface area contributed by atoms with Crippen molar-refractivity contribution >= 4 is 5.97 Å². The molecule has 0 aromatic heterocycles. The molecule has 0 saturated heterocycles. The molecule has 4 saturated carbocycles. The highest BCUT2D eigenvalue weighted by molar-refractivity contribution is 5.72. The molecule has 0 heterocycles. The van der Waals surface area contributed by atoms with Crippen molar-refractivity contribution in [1.29, 1.82) is 0 Å². The van der Waals surface area contributed by atoms with Crippen molar-refractivity contribution in [3.8, 4) is 0 Å². The Kier molecular flexibility index (Phi) is 2.60. The molecule has 0 aromatic carbocycles. The number of ether oxygens (including phenoxy) is 1. The van der Waals surface area contributed by atoms with E-state index in [0.29, 0.717) is 5.41 Å². The van der Waals surface area contributed by atoms with E-state index in [0.717, 1.165) is 24.2 Å². The quantitative estimate of drug-likeness (QED) is 0.710. The van der Waals surface area contributed by atoms with E-state index in [9.17, 15) is 4.79 Å². The van der Waals surface area contributed by atoms with E-state index in [-0.39, 0.29) is 17.5 Å². The van der Waals surface area contributed by atoms with E-state index in [1.807, 2.05) is 6.92 Å². The van der Waals surface area contributed by atoms with Crippen LogP contribution in [-0.4, -0.2) is 11.6 Å². The molecule has 2 nitrogen and oxygen atoms in total. The molecule has 3 atom stereocenters. The molecule has 4 fully saturated rings. The van der Waals surface area contributed by atoms with Crippen LogP contribution in [0.25, 0.3) is 0 Å². The van der Waals surface area contributed by atoms with E-state index in [1.54, 1.807) is 0 Å². The summed E-state index contributed by atoms with van der Waals surface area (Å²) in [6.45, 7) is 8.35. The molecule has 4 rings (SSSR count). The van der Waals surface area contributed by atoms with E-state index < -0.39 is 0 Å². The molecular weight excluding hydrogens is 224 g/mol. The van der Waals surface area contributed by atoms with E-state index >= 15 is 0 Å². The molecule has 0 radical (unpaired) electrons. The van der Waals surface area contributed by atoms with Crippen molar-refractivity contribution in [1.82, 2.24) is 0 Å². The van der Waals surface area contributed by atoms with Gasteiger partial charge in [0.05, 0.1) is 5.92 Å². The summed E-state index contributed by atoms with van der Waals surface area (Å²) < 4.78 is 5.95. The number of rotatable bonds is 4. The van der Waals surface area contributed by atoms with Crippen LogP contribution in [0.4, 0.5) is 0 Å². The normalized spacial score (nSPS) is 42.6. The topological polar surface area (TPSA) is 26.3 Å². The molecule has 2 heteroatoms. The summed E-state index contributed by atoms with van der Waals surface area (Å²) in [7, 11) is 0. The SMILES string of the molecule is CCC(C)C(=O)OC(C)(C)C12CC3CC1CC3C2. The first-order valence-corrected chi connectivity index (χ1v) is 7.62. The molecule has 102 valence electrons. The summed E-state index contributed by atoms with van der Waals surface area (Å²) in [6, 6.07) is 0. The zero-order valence-corrected chi connectivity index (χ0v) is 12.2. The minimum absolute atomic E-state index is 0.00410. The molecule has 4 aliphatic rings. The van der Waals surface area contributed by atoms with Crippen LogP contribution < -0.4 is 0 Å². The van der Waals surface area contributed by atoms with Crippen molar-refractivity contribution < 1.29 is 9.53 Å². The van der Waals surface area contributed by atoms with Crippen molar-refractivity contribution in [2.45, 2.75) is 65.4 Å². The van der Waals surface area contributed by atoms with Crippen molar-refractivity contribution in [3.63, 3.8) is 0 Å². The maximum Gasteiger partial charge on any atom is 0.309 e. The van der Waals surface area contributed by atoms with Gasteiger partial charge >= 0.3 is 5.97 Å². The Bertz CT molecular complexity index is 357. The van der Waals surface area contributed by atoms with Gasteiger partial charge in [-0.1, -0.05) is 13.8 Å². The molecule has 0 aromatic rings. The van der Waals surface area contributed by atoms with E-state index in [2.05, 4.69) is 20.8 Å². The molecule has 18 heavy (non-hydrogen) atoms. The van der Waals surface area contributed by atoms with Gasteiger partial charge in [0, 0.05) is 5.41 Å². The first-order valence-electron chi connectivity index (χ1n) is 7.62. The summed E-state index contributed by atoms with van der Waals surface area (Å²) in [6.07, 6.45) is 6.28. The highest BCUT2D eigenvalue weighted by atomic mass is 16.6. The lowest BCUT2D eigenvalue weighted by Gasteiger charge is -2.44. The van der Waals surface area contributed by atoms with Gasteiger partial charge in [-0.25, -0.2) is 0 Å². The highest BCUT2D eigenvalue weighted by Crippen LogP contribution is 2.73. The monoisotopic (exact) mass is 250 g/mol. The summed E-state index contributed by atoms with van der Waals surface area (Å²) in [4.78, 5) is 12.1. The van der Waals surface area contributed by atoms with Gasteiger partial charge in [0.25, 0.3) is 0 Å². The number of carbonyl (C=O) groups is 1. The standard InChI is InChI=1S/C16H26O2/c1-5-10(2)14(17)18-15(3,4)16-8-11-6-13(16)7-12(11)9-16/h10-13H,5-9H2,1-4H3. The van der Waals surface area contributed by atoms with Crippen LogP contribution in [0.15, 0.2) is 0 Å².